The van der Waals surface area contributed by atoms with Crippen LogP contribution in [0.1, 0.15) is 45.1 Å². The number of benzene rings is 1. The van der Waals surface area contributed by atoms with Crippen molar-refractivity contribution >= 4 is 18.0 Å². The van der Waals surface area contributed by atoms with Gasteiger partial charge in [-0.2, -0.15) is 5.26 Å². The lowest BCUT2D eigenvalue weighted by Crippen LogP contribution is -2.41. The number of rotatable bonds is 8. The van der Waals surface area contributed by atoms with Crippen molar-refractivity contribution in [2.24, 2.45) is 5.92 Å². The topological polar surface area (TPSA) is 109 Å². The van der Waals surface area contributed by atoms with Crippen molar-refractivity contribution in [3.63, 3.8) is 0 Å². The monoisotopic (exact) mass is 386 g/mol. The van der Waals surface area contributed by atoms with Crippen LogP contribution in [0.2, 0.25) is 0 Å². The number of aliphatic carboxylic acids is 1. The number of nitrogens with zero attached hydrogens (tertiary/aromatic N) is 1. The maximum Gasteiger partial charge on any atom is 0.341 e. The van der Waals surface area contributed by atoms with E-state index in [2.05, 4.69) is 12.2 Å². The van der Waals surface area contributed by atoms with E-state index in [9.17, 15) is 14.9 Å². The summed E-state index contributed by atoms with van der Waals surface area (Å²) in [5, 5.41) is 21.2. The first-order chi connectivity index (χ1) is 13.4. The Bertz CT molecular complexity index is 781. The Morgan fingerprint density at radius 2 is 2.04 bits per heavy atom. The lowest BCUT2D eigenvalue weighted by atomic mass is 9.86. The second-order valence-electron chi connectivity index (χ2n) is 6.83. The number of carbonyl (C=O) groups is 2. The van der Waals surface area contributed by atoms with Gasteiger partial charge in [0.2, 0.25) is 0 Å². The van der Waals surface area contributed by atoms with Crippen molar-refractivity contribution in [1.82, 2.24) is 5.32 Å². The molecule has 1 aromatic carbocycles. The molecule has 1 fully saturated rings. The molecule has 1 amide bonds. The van der Waals surface area contributed by atoms with Gasteiger partial charge in [-0.1, -0.05) is 25.8 Å². The highest BCUT2D eigenvalue weighted by Gasteiger charge is 2.24. The molecule has 28 heavy (non-hydrogen) atoms. The van der Waals surface area contributed by atoms with Gasteiger partial charge in [-0.3, -0.25) is 4.79 Å². The Morgan fingerprint density at radius 1 is 1.29 bits per heavy atom. The number of carbonyl (C=O) groups excluding carboxylic acids is 1. The number of nitrogens with one attached hydrogen (secondary N) is 1. The fraction of sp³-hybridized carbons (Fsp3) is 0.476. The smallest absolute Gasteiger partial charge is 0.341 e. The number of hydrogen-bond acceptors (Lipinski definition) is 5. The summed E-state index contributed by atoms with van der Waals surface area (Å²) >= 11 is 0. The predicted octanol–water partition coefficient (Wildman–Crippen LogP) is 3.15. The van der Waals surface area contributed by atoms with Crippen LogP contribution < -0.4 is 14.8 Å². The van der Waals surface area contributed by atoms with Gasteiger partial charge in [0, 0.05) is 6.04 Å². The molecule has 7 nitrogen and oxygen atoms in total. The number of hydrogen-bond donors (Lipinski definition) is 2. The molecule has 1 saturated carbocycles. The molecule has 0 unspecified atom stereocenters. The fourth-order valence-electron chi connectivity index (χ4n) is 3.23. The first-order valence-corrected chi connectivity index (χ1v) is 9.48. The van der Waals surface area contributed by atoms with Crippen molar-refractivity contribution in [1.29, 1.82) is 5.26 Å². The summed E-state index contributed by atoms with van der Waals surface area (Å²) in [5.41, 5.74) is 0.606. The van der Waals surface area contributed by atoms with Crippen molar-refractivity contribution in [2.45, 2.75) is 45.6 Å². The minimum absolute atomic E-state index is 0.0134. The van der Waals surface area contributed by atoms with Crippen LogP contribution in [0.25, 0.3) is 6.08 Å². The summed E-state index contributed by atoms with van der Waals surface area (Å²) in [4.78, 5) is 23.2. The van der Waals surface area contributed by atoms with E-state index in [4.69, 9.17) is 14.6 Å². The van der Waals surface area contributed by atoms with Crippen LogP contribution in [0, 0.1) is 17.2 Å². The molecule has 0 saturated heterocycles. The van der Waals surface area contributed by atoms with Crippen LogP contribution in [-0.2, 0) is 9.59 Å². The summed E-state index contributed by atoms with van der Waals surface area (Å²) in [7, 11) is 0. The van der Waals surface area contributed by atoms with E-state index in [1.54, 1.807) is 25.1 Å². The number of ether oxygens (including phenoxy) is 2. The Morgan fingerprint density at radius 3 is 2.68 bits per heavy atom. The highest BCUT2D eigenvalue weighted by atomic mass is 16.5. The van der Waals surface area contributed by atoms with Gasteiger partial charge in [-0.25, -0.2) is 4.79 Å². The number of carboxylic acid groups (broad SMARTS) is 1. The minimum atomic E-state index is -1.09. The van der Waals surface area contributed by atoms with Gasteiger partial charge in [0.15, 0.2) is 18.1 Å². The molecule has 2 atom stereocenters. The number of carboxylic acids is 1. The molecule has 0 spiro atoms. The van der Waals surface area contributed by atoms with Gasteiger partial charge >= 0.3 is 5.97 Å². The summed E-state index contributed by atoms with van der Waals surface area (Å²) in [6, 6.07) is 6.88. The van der Waals surface area contributed by atoms with Crippen molar-refractivity contribution in [3.8, 4) is 17.6 Å². The molecule has 7 heteroatoms. The van der Waals surface area contributed by atoms with Crippen molar-refractivity contribution < 1.29 is 24.2 Å². The molecule has 1 aromatic rings. The molecular weight excluding hydrogens is 360 g/mol. The Labute approximate surface area is 164 Å². The van der Waals surface area contributed by atoms with E-state index in [0.717, 1.165) is 19.3 Å². The van der Waals surface area contributed by atoms with E-state index in [1.165, 1.54) is 12.5 Å². The summed E-state index contributed by atoms with van der Waals surface area (Å²) in [6.45, 7) is 3.79. The molecule has 0 radical (unpaired) electrons. The highest BCUT2D eigenvalue weighted by Crippen LogP contribution is 2.29. The average molecular weight is 386 g/mol. The SMILES string of the molecule is CCOc1cc(/C=C(\C#N)C(=O)N[C@H]2CCCC[C@H]2C)ccc1OCC(=O)O. The fourth-order valence-corrected chi connectivity index (χ4v) is 3.23. The van der Waals surface area contributed by atoms with Gasteiger partial charge in [0.25, 0.3) is 5.91 Å². The molecule has 0 aliphatic heterocycles. The Balaban J connectivity index is 2.17. The van der Waals surface area contributed by atoms with Gasteiger partial charge in [0.05, 0.1) is 6.61 Å². The van der Waals surface area contributed by atoms with Gasteiger partial charge < -0.3 is 19.9 Å². The lowest BCUT2D eigenvalue weighted by molar-refractivity contribution is -0.139. The van der Waals surface area contributed by atoms with Crippen LogP contribution in [0.5, 0.6) is 11.5 Å². The number of nitriles is 1. The second-order valence-corrected chi connectivity index (χ2v) is 6.83. The lowest BCUT2D eigenvalue weighted by Gasteiger charge is -2.29. The molecule has 0 bridgehead atoms. The molecule has 0 aromatic heterocycles. The average Bonchev–Trinajstić information content (AvgIpc) is 2.67. The Hall–Kier alpha value is -3.01. The van der Waals surface area contributed by atoms with E-state index >= 15 is 0 Å². The first-order valence-electron chi connectivity index (χ1n) is 9.48. The predicted molar refractivity (Wildman–Crippen MR) is 104 cm³/mol. The second kappa shape index (κ2) is 10.4. The highest BCUT2D eigenvalue weighted by molar-refractivity contribution is 6.01. The zero-order chi connectivity index (χ0) is 20.5. The molecule has 150 valence electrons. The first kappa shape index (κ1) is 21.3. The molecular formula is C21H26N2O5. The molecule has 0 heterocycles. The van der Waals surface area contributed by atoms with E-state index in [-0.39, 0.29) is 17.5 Å². The van der Waals surface area contributed by atoms with E-state index < -0.39 is 12.6 Å². The van der Waals surface area contributed by atoms with Gasteiger partial charge in [0.1, 0.15) is 11.6 Å². The normalized spacial score (nSPS) is 19.4. The van der Waals surface area contributed by atoms with Crippen LogP contribution in [-0.4, -0.2) is 36.2 Å². The summed E-state index contributed by atoms with van der Waals surface area (Å²) in [6.07, 6.45) is 5.75. The standard InChI is InChI=1S/C21H26N2O5/c1-3-27-19-11-15(8-9-18(19)28-13-20(24)25)10-16(12-22)21(26)23-17-7-5-4-6-14(17)2/h8-11,14,17H,3-7,13H2,1-2H3,(H,23,26)(H,24,25)/b16-10+/t14-,17+/m1/s1. The van der Waals surface area contributed by atoms with Crippen LogP contribution >= 0.6 is 0 Å². The van der Waals surface area contributed by atoms with Gasteiger partial charge in [-0.15, -0.1) is 0 Å². The molecule has 2 rings (SSSR count). The van der Waals surface area contributed by atoms with E-state index in [1.807, 2.05) is 6.07 Å². The van der Waals surface area contributed by atoms with E-state index in [0.29, 0.717) is 29.6 Å². The summed E-state index contributed by atoms with van der Waals surface area (Å²) < 4.78 is 10.7. The van der Waals surface area contributed by atoms with Gasteiger partial charge in [-0.05, 0) is 49.5 Å². The maximum atomic E-state index is 12.5. The summed E-state index contributed by atoms with van der Waals surface area (Å²) in [5.74, 6) is -0.429. The third-order valence-electron chi connectivity index (χ3n) is 4.72. The zero-order valence-corrected chi connectivity index (χ0v) is 16.2. The minimum Gasteiger partial charge on any atom is -0.490 e. The molecule has 1 aliphatic rings. The maximum absolute atomic E-state index is 12.5. The molecule has 1 aliphatic carbocycles. The third kappa shape index (κ3) is 6.02. The quantitative estimate of drug-likeness (QED) is 0.525. The third-order valence-corrected chi connectivity index (χ3v) is 4.72. The largest absolute Gasteiger partial charge is 0.490 e. The number of amides is 1. The van der Waals surface area contributed by atoms with Crippen molar-refractivity contribution in [2.75, 3.05) is 13.2 Å². The van der Waals surface area contributed by atoms with Crippen LogP contribution in [0.4, 0.5) is 0 Å². The van der Waals surface area contributed by atoms with Crippen LogP contribution in [0.15, 0.2) is 23.8 Å². The Kier molecular flexibility index (Phi) is 7.88. The van der Waals surface area contributed by atoms with Crippen LogP contribution in [0.3, 0.4) is 0 Å². The zero-order valence-electron chi connectivity index (χ0n) is 16.2. The van der Waals surface area contributed by atoms with Crippen molar-refractivity contribution in [3.05, 3.63) is 29.3 Å². The molecule has 2 N–H and O–H groups in total.